The quantitative estimate of drug-likeness (QED) is 0.387. The van der Waals surface area contributed by atoms with Crippen LogP contribution in [0.25, 0.3) is 6.08 Å². The number of fused-ring (bicyclic) bond motifs is 1. The molecule has 0 amide bonds. The summed E-state index contributed by atoms with van der Waals surface area (Å²) in [6.07, 6.45) is 8.44. The zero-order valence-corrected chi connectivity index (χ0v) is 17.6. The number of thioether (sulfide) groups is 2. The lowest BCUT2D eigenvalue weighted by Crippen LogP contribution is -2.40. The number of ether oxygens (including phenoxy) is 2. The van der Waals surface area contributed by atoms with Gasteiger partial charge in [-0.1, -0.05) is 23.8 Å². The van der Waals surface area contributed by atoms with Crippen molar-refractivity contribution in [3.63, 3.8) is 0 Å². The van der Waals surface area contributed by atoms with E-state index in [1.165, 1.54) is 17.1 Å². The number of carbonyl (C=O) groups excluding carboxylic acids is 1. The van der Waals surface area contributed by atoms with Crippen LogP contribution in [0, 0.1) is 5.41 Å². The molecule has 1 aromatic carbocycles. The Morgan fingerprint density at radius 3 is 2.56 bits per heavy atom. The fraction of sp³-hybridized carbons (Fsp3) is 0.500. The molecule has 2 aliphatic carbocycles. The maximum Gasteiger partial charge on any atom is 0.188 e. The summed E-state index contributed by atoms with van der Waals surface area (Å²) in [6, 6.07) is 7.84. The number of ketones is 1. The highest BCUT2D eigenvalue weighted by atomic mass is 32.2. The molecule has 1 aliphatic heterocycles. The van der Waals surface area contributed by atoms with E-state index < -0.39 is 0 Å². The van der Waals surface area contributed by atoms with E-state index in [0.29, 0.717) is 5.78 Å². The third-order valence-electron chi connectivity index (χ3n) is 5.87. The summed E-state index contributed by atoms with van der Waals surface area (Å²) in [7, 11) is 1.61. The molecule has 27 heavy (non-hydrogen) atoms. The van der Waals surface area contributed by atoms with Crippen LogP contribution in [0.15, 0.2) is 41.5 Å². The molecule has 5 heteroatoms. The van der Waals surface area contributed by atoms with Gasteiger partial charge in [-0.05, 0) is 62.0 Å². The first-order valence-corrected chi connectivity index (χ1v) is 11.5. The summed E-state index contributed by atoms with van der Waals surface area (Å²) in [6.45, 7) is 2.40. The molecule has 1 saturated carbocycles. The molecule has 1 atom stereocenters. The molecular formula is C22H26O3S2. The van der Waals surface area contributed by atoms with Crippen molar-refractivity contribution in [2.75, 3.05) is 25.4 Å². The molecule has 1 aromatic rings. The summed E-state index contributed by atoms with van der Waals surface area (Å²) >= 11 is 4.14. The van der Waals surface area contributed by atoms with Crippen molar-refractivity contribution in [2.24, 2.45) is 5.41 Å². The Balaban J connectivity index is 1.54. The molecule has 1 saturated heterocycles. The van der Waals surface area contributed by atoms with Crippen LogP contribution in [0.3, 0.4) is 0 Å². The topological polar surface area (TPSA) is 35.5 Å². The second-order valence-corrected chi connectivity index (χ2v) is 10.7. The first-order valence-electron chi connectivity index (χ1n) is 9.52. The maximum atomic E-state index is 13.3. The molecule has 0 N–H and O–H groups in total. The highest BCUT2D eigenvalue weighted by Crippen LogP contribution is 2.57. The number of methoxy groups -OCH3 is 1. The summed E-state index contributed by atoms with van der Waals surface area (Å²) in [5.41, 5.74) is 3.08. The second-order valence-electron chi connectivity index (χ2n) is 7.63. The Morgan fingerprint density at radius 2 is 1.85 bits per heavy atom. The van der Waals surface area contributed by atoms with Crippen LogP contribution in [0.4, 0.5) is 0 Å². The monoisotopic (exact) mass is 402 g/mol. The number of allylic oxidation sites excluding steroid dienone is 2. The van der Waals surface area contributed by atoms with Crippen molar-refractivity contribution in [3.05, 3.63) is 47.1 Å². The lowest BCUT2D eigenvalue weighted by molar-refractivity contribution is -0.123. The van der Waals surface area contributed by atoms with Crippen LogP contribution in [-0.4, -0.2) is 35.3 Å². The second kappa shape index (κ2) is 7.69. The lowest BCUT2D eigenvalue weighted by atomic mass is 9.63. The molecule has 3 nitrogen and oxygen atoms in total. The Kier molecular flexibility index (Phi) is 5.45. The van der Waals surface area contributed by atoms with Gasteiger partial charge in [0.1, 0.15) is 5.75 Å². The number of rotatable bonds is 4. The summed E-state index contributed by atoms with van der Waals surface area (Å²) < 4.78 is 10.6. The average Bonchev–Trinajstić information content (AvgIpc) is 3.14. The Hall–Kier alpha value is -1.17. The zero-order valence-electron chi connectivity index (χ0n) is 16.0. The van der Waals surface area contributed by atoms with Gasteiger partial charge in [0.2, 0.25) is 0 Å². The van der Waals surface area contributed by atoms with E-state index in [-0.39, 0.29) is 16.3 Å². The van der Waals surface area contributed by atoms with Crippen molar-refractivity contribution in [1.82, 2.24) is 0 Å². The zero-order chi connectivity index (χ0) is 18.9. The highest BCUT2D eigenvalue weighted by Gasteiger charge is 2.49. The molecule has 1 heterocycles. The van der Waals surface area contributed by atoms with Crippen LogP contribution in [0.2, 0.25) is 0 Å². The van der Waals surface area contributed by atoms with E-state index in [4.69, 9.17) is 9.47 Å². The van der Waals surface area contributed by atoms with Crippen molar-refractivity contribution < 1.29 is 14.3 Å². The normalized spacial score (nSPS) is 28.3. The smallest absolute Gasteiger partial charge is 0.188 e. The molecule has 0 radical (unpaired) electrons. The fourth-order valence-electron chi connectivity index (χ4n) is 4.25. The van der Waals surface area contributed by atoms with E-state index in [9.17, 15) is 4.79 Å². The molecule has 2 fully saturated rings. The largest absolute Gasteiger partial charge is 0.468 e. The number of carbonyl (C=O) groups is 1. The maximum absolute atomic E-state index is 13.3. The summed E-state index contributed by atoms with van der Waals surface area (Å²) in [5, 5.41) is 0. The minimum absolute atomic E-state index is 0.241. The van der Waals surface area contributed by atoms with Crippen molar-refractivity contribution in [1.29, 1.82) is 0 Å². The minimum atomic E-state index is -0.305. The Bertz CT molecular complexity index is 775. The molecule has 4 rings (SSSR count). The van der Waals surface area contributed by atoms with Gasteiger partial charge in [0, 0.05) is 18.6 Å². The number of hydrogen-bond acceptors (Lipinski definition) is 5. The van der Waals surface area contributed by atoms with E-state index in [1.54, 1.807) is 7.11 Å². The van der Waals surface area contributed by atoms with Gasteiger partial charge in [-0.2, -0.15) is 0 Å². The van der Waals surface area contributed by atoms with Gasteiger partial charge in [0.15, 0.2) is 12.6 Å². The third-order valence-corrected chi connectivity index (χ3v) is 9.28. The third kappa shape index (κ3) is 3.74. The van der Waals surface area contributed by atoms with Gasteiger partial charge in [0.05, 0.1) is 9.49 Å². The van der Waals surface area contributed by atoms with Crippen LogP contribution in [0.5, 0.6) is 5.75 Å². The lowest BCUT2D eigenvalue weighted by Gasteiger charge is -2.44. The predicted octanol–water partition coefficient (Wildman–Crippen LogP) is 5.32. The van der Waals surface area contributed by atoms with E-state index in [2.05, 4.69) is 42.6 Å². The van der Waals surface area contributed by atoms with Gasteiger partial charge in [0.25, 0.3) is 0 Å². The number of Topliss-reactive ketones (excluding diaryl/α,β-unsaturated/α-hetero) is 1. The van der Waals surface area contributed by atoms with Gasteiger partial charge in [-0.15, -0.1) is 23.5 Å². The van der Waals surface area contributed by atoms with Crippen LogP contribution >= 0.6 is 23.5 Å². The Labute approximate surface area is 170 Å². The van der Waals surface area contributed by atoms with Gasteiger partial charge in [-0.25, -0.2) is 0 Å². The highest BCUT2D eigenvalue weighted by molar-refractivity contribution is 8.21. The predicted molar refractivity (Wildman–Crippen MR) is 114 cm³/mol. The summed E-state index contributed by atoms with van der Waals surface area (Å²) in [5.74, 6) is 3.56. The van der Waals surface area contributed by atoms with Crippen LogP contribution < -0.4 is 4.74 Å². The van der Waals surface area contributed by atoms with Crippen molar-refractivity contribution in [2.45, 2.75) is 36.7 Å². The Morgan fingerprint density at radius 1 is 1.11 bits per heavy atom. The van der Waals surface area contributed by atoms with Crippen molar-refractivity contribution in [3.8, 4) is 5.75 Å². The first kappa shape index (κ1) is 19.2. The fourth-order valence-corrected chi connectivity index (χ4v) is 7.39. The van der Waals surface area contributed by atoms with Crippen LogP contribution in [-0.2, 0) is 9.53 Å². The standard InChI is InChI=1S/C22H26O3S2/c1-21-9-10-22(26-11-12-27-22)14-18(21)6-5-17(20(21)23)13-16-3-7-19(8-4-16)25-15-24-2/h3-4,7-8,13-14H,5-6,9-12,15H2,1-2H3/b17-13+. The van der Waals surface area contributed by atoms with Crippen LogP contribution in [0.1, 0.15) is 38.2 Å². The van der Waals surface area contributed by atoms with Gasteiger partial charge in [-0.3, -0.25) is 4.79 Å². The number of hydrogen-bond donors (Lipinski definition) is 0. The van der Waals surface area contributed by atoms with Crippen molar-refractivity contribution >= 4 is 35.4 Å². The van der Waals surface area contributed by atoms with E-state index in [1.807, 2.05) is 24.3 Å². The molecule has 0 bridgehead atoms. The molecule has 1 spiro atoms. The minimum Gasteiger partial charge on any atom is -0.468 e. The molecule has 1 unspecified atom stereocenters. The molecule has 3 aliphatic rings. The molecule has 144 valence electrons. The SMILES string of the molecule is COCOc1ccc(/C=C2\CCC3=CC4(CCC3(C)C2=O)SCCS4)cc1. The molecule has 0 aromatic heterocycles. The average molecular weight is 403 g/mol. The molecular weight excluding hydrogens is 376 g/mol. The van der Waals surface area contributed by atoms with E-state index in [0.717, 1.165) is 42.6 Å². The van der Waals surface area contributed by atoms with E-state index >= 15 is 0 Å². The summed E-state index contributed by atoms with van der Waals surface area (Å²) in [4.78, 5) is 13.3. The van der Waals surface area contributed by atoms with Gasteiger partial charge >= 0.3 is 0 Å². The van der Waals surface area contributed by atoms with Gasteiger partial charge < -0.3 is 9.47 Å². The first-order chi connectivity index (χ1) is 13.0. The number of benzene rings is 1.